The zero-order valence-corrected chi connectivity index (χ0v) is 17.8. The highest BCUT2D eigenvalue weighted by molar-refractivity contribution is 7.98. The van der Waals surface area contributed by atoms with E-state index in [1.807, 2.05) is 0 Å². The number of carbonyl (C=O) groups is 1. The predicted molar refractivity (Wildman–Crippen MR) is 109 cm³/mol. The van der Waals surface area contributed by atoms with Gasteiger partial charge in [0, 0.05) is 25.4 Å². The van der Waals surface area contributed by atoms with Gasteiger partial charge in [-0.05, 0) is 74.4 Å². The number of nitrogens with zero attached hydrogens (tertiary/aromatic N) is 3. The van der Waals surface area contributed by atoms with Crippen LogP contribution in [0.15, 0.2) is 5.16 Å². The van der Waals surface area contributed by atoms with Gasteiger partial charge in [0.2, 0.25) is 5.91 Å². The van der Waals surface area contributed by atoms with Crippen molar-refractivity contribution in [3.8, 4) is 0 Å². The summed E-state index contributed by atoms with van der Waals surface area (Å²) in [6, 6.07) is 0. The molecular weight excluding hydrogens is 356 g/mol. The maximum absolute atomic E-state index is 12.9. The first-order valence-electron chi connectivity index (χ1n) is 10.8. The second-order valence-corrected chi connectivity index (χ2v) is 10.2. The molecule has 0 spiro atoms. The van der Waals surface area contributed by atoms with Crippen LogP contribution in [-0.2, 0) is 17.8 Å². The highest BCUT2D eigenvalue weighted by atomic mass is 32.2. The quantitative estimate of drug-likeness (QED) is 0.542. The summed E-state index contributed by atoms with van der Waals surface area (Å²) >= 11 is 1.65. The number of carbonyl (C=O) groups excluding carboxylic acids is 1. The second kappa shape index (κ2) is 8.14. The summed E-state index contributed by atoms with van der Waals surface area (Å²) in [6.07, 6.45) is 10.5. The van der Waals surface area contributed by atoms with Crippen LogP contribution in [0.2, 0.25) is 0 Å². The van der Waals surface area contributed by atoms with Crippen molar-refractivity contribution in [3.63, 3.8) is 0 Å². The molecule has 0 aromatic carbocycles. The van der Waals surface area contributed by atoms with Crippen LogP contribution in [0.4, 0.5) is 0 Å². The normalized spacial score (nSPS) is 31.6. The Bertz CT molecular complexity index is 643. The number of nitrogens with one attached hydrogen (secondary N) is 1. The predicted octanol–water partition coefficient (Wildman–Crippen LogP) is 3.78. The summed E-state index contributed by atoms with van der Waals surface area (Å²) in [5, 5.41) is 13.0. The summed E-state index contributed by atoms with van der Waals surface area (Å²) < 4.78 is 2.25. The molecule has 0 unspecified atom stereocenters. The van der Waals surface area contributed by atoms with E-state index in [-0.39, 0.29) is 0 Å². The van der Waals surface area contributed by atoms with Crippen LogP contribution in [0.3, 0.4) is 0 Å². The van der Waals surface area contributed by atoms with Crippen LogP contribution < -0.4 is 5.32 Å². The van der Waals surface area contributed by atoms with Gasteiger partial charge in [0.25, 0.3) is 0 Å². The molecule has 1 N–H and O–H groups in total. The summed E-state index contributed by atoms with van der Waals surface area (Å²) in [6.45, 7) is 6.15. The average molecular weight is 391 g/mol. The van der Waals surface area contributed by atoms with Crippen LogP contribution in [-0.4, -0.2) is 33.5 Å². The van der Waals surface area contributed by atoms with Crippen LogP contribution in [0.5, 0.6) is 0 Å². The summed E-state index contributed by atoms with van der Waals surface area (Å²) in [5.74, 6) is 5.44. The van der Waals surface area contributed by atoms with Gasteiger partial charge in [0.05, 0.1) is 0 Å². The minimum Gasteiger partial charge on any atom is -0.356 e. The molecule has 1 aromatic heterocycles. The third-order valence-electron chi connectivity index (χ3n) is 6.93. The third kappa shape index (κ3) is 4.06. The van der Waals surface area contributed by atoms with Crippen molar-refractivity contribution in [1.82, 2.24) is 20.1 Å². The molecule has 6 heteroatoms. The second-order valence-electron chi connectivity index (χ2n) is 9.46. The third-order valence-corrected chi connectivity index (χ3v) is 7.60. The molecule has 4 aliphatic rings. The largest absolute Gasteiger partial charge is 0.356 e. The fourth-order valence-corrected chi connectivity index (χ4v) is 6.66. The molecule has 4 fully saturated rings. The number of hydrogen-bond donors (Lipinski definition) is 1. The van der Waals surface area contributed by atoms with E-state index in [0.717, 1.165) is 48.7 Å². The lowest BCUT2D eigenvalue weighted by molar-refractivity contribution is -0.138. The van der Waals surface area contributed by atoms with Crippen molar-refractivity contribution in [2.75, 3.05) is 12.8 Å². The first kappa shape index (κ1) is 19.3. The van der Waals surface area contributed by atoms with Crippen LogP contribution in [0.1, 0.15) is 58.2 Å². The Morgan fingerprint density at radius 2 is 1.81 bits per heavy atom. The Morgan fingerprint density at radius 1 is 1.15 bits per heavy atom. The molecule has 0 radical (unpaired) electrons. The number of thioether (sulfide) groups is 1. The Hall–Kier alpha value is -1.04. The monoisotopic (exact) mass is 390 g/mol. The lowest BCUT2D eigenvalue weighted by atomic mass is 9.51. The molecule has 0 aliphatic heterocycles. The molecular formula is C21H34N4OS. The Morgan fingerprint density at radius 3 is 2.41 bits per heavy atom. The molecule has 4 saturated carbocycles. The van der Waals surface area contributed by atoms with Crippen molar-refractivity contribution in [1.29, 1.82) is 0 Å². The number of hydrogen-bond acceptors (Lipinski definition) is 4. The van der Waals surface area contributed by atoms with E-state index in [0.29, 0.717) is 29.6 Å². The van der Waals surface area contributed by atoms with Gasteiger partial charge in [-0.3, -0.25) is 4.79 Å². The molecule has 0 atom stereocenters. The van der Waals surface area contributed by atoms with Gasteiger partial charge in [-0.15, -0.1) is 10.2 Å². The summed E-state index contributed by atoms with van der Waals surface area (Å²) in [7, 11) is 0. The number of amides is 1. The van der Waals surface area contributed by atoms with Crippen LogP contribution >= 0.6 is 11.8 Å². The number of aromatic nitrogens is 3. The highest BCUT2D eigenvalue weighted by Gasteiger charge is 2.50. The zero-order chi connectivity index (χ0) is 19.0. The Kier molecular flexibility index (Phi) is 5.81. The highest BCUT2D eigenvalue weighted by Crippen LogP contribution is 2.56. The van der Waals surface area contributed by atoms with Crippen molar-refractivity contribution in [2.24, 2.45) is 35.5 Å². The molecule has 1 aromatic rings. The van der Waals surface area contributed by atoms with E-state index in [4.69, 9.17) is 0 Å². The fourth-order valence-electron chi connectivity index (χ4n) is 6.13. The Balaban J connectivity index is 1.27. The van der Waals surface area contributed by atoms with Gasteiger partial charge < -0.3 is 9.88 Å². The number of aryl methyl sites for hydroxylation is 1. The first-order valence-corrected chi connectivity index (χ1v) is 12.0. The van der Waals surface area contributed by atoms with Gasteiger partial charge in [-0.1, -0.05) is 25.6 Å². The molecule has 4 aliphatic carbocycles. The van der Waals surface area contributed by atoms with E-state index < -0.39 is 0 Å². The first-order chi connectivity index (χ1) is 13.0. The minimum atomic E-state index is 0.297. The summed E-state index contributed by atoms with van der Waals surface area (Å²) in [4.78, 5) is 12.9. The maximum Gasteiger partial charge on any atom is 0.223 e. The van der Waals surface area contributed by atoms with E-state index in [9.17, 15) is 4.79 Å². The summed E-state index contributed by atoms with van der Waals surface area (Å²) in [5.41, 5.74) is 0. The van der Waals surface area contributed by atoms with Crippen molar-refractivity contribution in [3.05, 3.63) is 5.82 Å². The molecule has 5 rings (SSSR count). The van der Waals surface area contributed by atoms with E-state index in [1.165, 1.54) is 32.1 Å². The molecule has 1 heterocycles. The molecule has 5 nitrogen and oxygen atoms in total. The number of rotatable bonds is 8. The smallest absolute Gasteiger partial charge is 0.223 e. The zero-order valence-electron chi connectivity index (χ0n) is 17.0. The molecule has 0 saturated heterocycles. The molecule has 4 bridgehead atoms. The standard InChI is InChI=1S/C21H34N4OS/c1-13(2)12-25-18(23-24-21(25)27-3)5-4-6-22-20(26)19-16-8-14-7-15(10-16)11-17(19)9-14/h13-17,19H,4-12H2,1-3H3,(H,22,26). The van der Waals surface area contributed by atoms with Gasteiger partial charge in [-0.25, -0.2) is 0 Å². The molecule has 1 amide bonds. The van der Waals surface area contributed by atoms with E-state index >= 15 is 0 Å². The van der Waals surface area contributed by atoms with Crippen molar-refractivity contribution >= 4 is 17.7 Å². The lowest BCUT2D eigenvalue weighted by Crippen LogP contribution is -2.51. The van der Waals surface area contributed by atoms with Gasteiger partial charge >= 0.3 is 0 Å². The fraction of sp³-hybridized carbons (Fsp3) is 0.857. The SMILES string of the molecule is CSc1nnc(CCCNC(=O)C2C3CC4CC(C3)CC2C4)n1CC(C)C. The van der Waals surface area contributed by atoms with Crippen LogP contribution in [0.25, 0.3) is 0 Å². The average Bonchev–Trinajstić information content (AvgIpc) is 2.99. The topological polar surface area (TPSA) is 59.8 Å². The molecule has 27 heavy (non-hydrogen) atoms. The van der Waals surface area contributed by atoms with E-state index in [1.54, 1.807) is 11.8 Å². The maximum atomic E-state index is 12.9. The van der Waals surface area contributed by atoms with E-state index in [2.05, 4.69) is 40.2 Å². The Labute approximate surface area is 167 Å². The molecule has 150 valence electrons. The minimum absolute atomic E-state index is 0.297. The van der Waals surface area contributed by atoms with Gasteiger partial charge in [-0.2, -0.15) is 0 Å². The van der Waals surface area contributed by atoms with Crippen LogP contribution in [0, 0.1) is 35.5 Å². The van der Waals surface area contributed by atoms with Gasteiger partial charge in [0.15, 0.2) is 5.16 Å². The van der Waals surface area contributed by atoms with Crippen molar-refractivity contribution in [2.45, 2.75) is 70.5 Å². The lowest BCUT2D eigenvalue weighted by Gasteiger charge is -2.53. The van der Waals surface area contributed by atoms with Crippen molar-refractivity contribution < 1.29 is 4.79 Å². The van der Waals surface area contributed by atoms with Gasteiger partial charge in [0.1, 0.15) is 5.82 Å².